The lowest BCUT2D eigenvalue weighted by Crippen LogP contribution is -1.94. The minimum absolute atomic E-state index is 0.257. The third-order valence-corrected chi connectivity index (χ3v) is 1.02. The molecule has 0 amide bonds. The van der Waals surface area contributed by atoms with Crippen LogP contribution in [0.25, 0.3) is 0 Å². The van der Waals surface area contributed by atoms with Gasteiger partial charge in [-0.05, 0) is 0 Å². The predicted molar refractivity (Wildman–Crippen MR) is 35.2 cm³/mol. The second-order valence-electron chi connectivity index (χ2n) is 1.82. The van der Waals surface area contributed by atoms with Crippen LogP contribution in [0, 0.1) is 0 Å². The topological polar surface area (TPSA) is 35.5 Å². The van der Waals surface area contributed by atoms with E-state index in [2.05, 4.69) is 11.3 Å². The maximum atomic E-state index is 10.4. The highest BCUT2D eigenvalue weighted by Crippen LogP contribution is 2.06. The molecule has 0 aliphatic carbocycles. The molecule has 0 bridgehead atoms. The van der Waals surface area contributed by atoms with Crippen molar-refractivity contribution in [3.8, 4) is 0 Å². The summed E-state index contributed by atoms with van der Waals surface area (Å²) in [6, 6.07) is 0. The lowest BCUT2D eigenvalue weighted by molar-refractivity contribution is -0.135. The summed E-state index contributed by atoms with van der Waals surface area (Å²) in [6.07, 6.45) is 2.95. The Morgan fingerprint density at radius 3 is 3.20 bits per heavy atom. The van der Waals surface area contributed by atoms with Gasteiger partial charge in [0, 0.05) is 0 Å². The lowest BCUT2D eigenvalue weighted by Gasteiger charge is -1.99. The zero-order valence-electron chi connectivity index (χ0n) is 5.50. The Balaban J connectivity index is 2.35. The lowest BCUT2D eigenvalue weighted by atomic mass is 10.5. The second kappa shape index (κ2) is 3.06. The Morgan fingerprint density at radius 1 is 1.90 bits per heavy atom. The molecular formula is C7H8O3. The van der Waals surface area contributed by atoms with Crippen molar-refractivity contribution < 1.29 is 14.3 Å². The molecule has 0 aromatic heterocycles. The highest BCUT2D eigenvalue weighted by atomic mass is 16.6. The van der Waals surface area contributed by atoms with Crippen LogP contribution < -0.4 is 0 Å². The first-order valence-electron chi connectivity index (χ1n) is 2.94. The molecule has 3 nitrogen and oxygen atoms in total. The molecule has 10 heavy (non-hydrogen) atoms. The van der Waals surface area contributed by atoms with Crippen molar-refractivity contribution in [1.82, 2.24) is 0 Å². The van der Waals surface area contributed by atoms with Crippen molar-refractivity contribution in [3.05, 3.63) is 24.5 Å². The van der Waals surface area contributed by atoms with Gasteiger partial charge in [-0.3, -0.25) is 0 Å². The summed E-state index contributed by atoms with van der Waals surface area (Å²) in [4.78, 5) is 10.4. The summed E-state index contributed by atoms with van der Waals surface area (Å²) in [6.45, 7) is 4.14. The van der Waals surface area contributed by atoms with Gasteiger partial charge in [0.2, 0.25) is 0 Å². The minimum Gasteiger partial charge on any atom is -0.490 e. The van der Waals surface area contributed by atoms with Gasteiger partial charge in [-0.25, -0.2) is 4.79 Å². The van der Waals surface area contributed by atoms with E-state index in [-0.39, 0.29) is 12.6 Å². The van der Waals surface area contributed by atoms with Crippen molar-refractivity contribution in [3.63, 3.8) is 0 Å². The number of cyclic esters (lactones) is 1. The fraction of sp³-hybridized carbons (Fsp3) is 0.286. The van der Waals surface area contributed by atoms with Crippen molar-refractivity contribution >= 4 is 5.97 Å². The number of carbonyl (C=O) groups excluding carboxylic acids is 1. The summed E-state index contributed by atoms with van der Waals surface area (Å²) in [5, 5.41) is 0. The first kappa shape index (κ1) is 6.86. The smallest absolute Gasteiger partial charge is 0.334 e. The van der Waals surface area contributed by atoms with Crippen LogP contribution in [-0.2, 0) is 14.3 Å². The van der Waals surface area contributed by atoms with Gasteiger partial charge in [0.1, 0.15) is 19.0 Å². The molecule has 0 saturated heterocycles. The fourth-order valence-corrected chi connectivity index (χ4v) is 0.606. The van der Waals surface area contributed by atoms with E-state index in [0.717, 1.165) is 0 Å². The number of ether oxygens (including phenoxy) is 2. The number of esters is 1. The summed E-state index contributed by atoms with van der Waals surface area (Å²) in [5.41, 5.74) is 0. The van der Waals surface area contributed by atoms with Crippen LogP contribution in [0.1, 0.15) is 0 Å². The third kappa shape index (κ3) is 1.62. The van der Waals surface area contributed by atoms with Crippen LogP contribution in [0.5, 0.6) is 0 Å². The van der Waals surface area contributed by atoms with Gasteiger partial charge < -0.3 is 9.47 Å². The highest BCUT2D eigenvalue weighted by Gasteiger charge is 2.12. The molecule has 1 aliphatic heterocycles. The van der Waals surface area contributed by atoms with Crippen molar-refractivity contribution in [1.29, 1.82) is 0 Å². The third-order valence-electron chi connectivity index (χ3n) is 1.02. The molecule has 0 atom stereocenters. The standard InChI is InChI=1S/C7H8O3/c1-2-3-9-6-4-7(8)10-5-6/h2,4H,1,3,5H2. The van der Waals surface area contributed by atoms with Crippen molar-refractivity contribution in [2.24, 2.45) is 0 Å². The van der Waals surface area contributed by atoms with Crippen LogP contribution in [0.3, 0.4) is 0 Å². The van der Waals surface area contributed by atoms with Crippen molar-refractivity contribution in [2.75, 3.05) is 13.2 Å². The molecule has 1 aliphatic rings. The van der Waals surface area contributed by atoms with Crippen LogP contribution in [0.15, 0.2) is 24.5 Å². The summed E-state index contributed by atoms with van der Waals surface area (Å²) in [5.74, 6) is 0.240. The molecule has 0 fully saturated rings. The second-order valence-corrected chi connectivity index (χ2v) is 1.82. The fourth-order valence-electron chi connectivity index (χ4n) is 0.606. The Labute approximate surface area is 58.9 Å². The van der Waals surface area contributed by atoms with E-state index in [9.17, 15) is 4.79 Å². The normalized spacial score (nSPS) is 16.0. The van der Waals surface area contributed by atoms with Crippen LogP contribution in [-0.4, -0.2) is 19.2 Å². The molecule has 0 radical (unpaired) electrons. The average Bonchev–Trinajstić information content (AvgIpc) is 2.31. The van der Waals surface area contributed by atoms with E-state index >= 15 is 0 Å². The molecule has 0 saturated carbocycles. The number of hydrogen-bond acceptors (Lipinski definition) is 3. The van der Waals surface area contributed by atoms with E-state index in [0.29, 0.717) is 12.4 Å². The Hall–Kier alpha value is -1.25. The predicted octanol–water partition coefficient (Wildman–Crippen LogP) is 0.630. The molecule has 3 heteroatoms. The van der Waals surface area contributed by atoms with Gasteiger partial charge in [-0.1, -0.05) is 12.7 Å². The quantitative estimate of drug-likeness (QED) is 0.426. The van der Waals surface area contributed by atoms with Gasteiger partial charge >= 0.3 is 5.97 Å². The highest BCUT2D eigenvalue weighted by molar-refractivity contribution is 5.84. The van der Waals surface area contributed by atoms with Crippen LogP contribution in [0.4, 0.5) is 0 Å². The maximum absolute atomic E-state index is 10.4. The number of carbonyl (C=O) groups is 1. The zero-order chi connectivity index (χ0) is 7.40. The van der Waals surface area contributed by atoms with Gasteiger partial charge in [-0.2, -0.15) is 0 Å². The van der Waals surface area contributed by atoms with E-state index in [1.165, 1.54) is 6.08 Å². The van der Waals surface area contributed by atoms with Crippen LogP contribution >= 0.6 is 0 Å². The summed E-state index contributed by atoms with van der Waals surface area (Å²) in [7, 11) is 0. The molecule has 0 unspecified atom stereocenters. The first-order valence-corrected chi connectivity index (χ1v) is 2.94. The van der Waals surface area contributed by atoms with Crippen molar-refractivity contribution in [2.45, 2.75) is 0 Å². The van der Waals surface area contributed by atoms with E-state index in [1.54, 1.807) is 6.08 Å². The largest absolute Gasteiger partial charge is 0.490 e. The summed E-state index contributed by atoms with van der Waals surface area (Å²) >= 11 is 0. The van der Waals surface area contributed by atoms with Gasteiger partial charge in [0.05, 0.1) is 6.08 Å². The van der Waals surface area contributed by atoms with Gasteiger partial charge in [0.25, 0.3) is 0 Å². The monoisotopic (exact) mass is 140 g/mol. The molecule has 0 N–H and O–H groups in total. The van der Waals surface area contributed by atoms with Gasteiger partial charge in [0.15, 0.2) is 0 Å². The number of rotatable bonds is 3. The Bertz CT molecular complexity index is 181. The van der Waals surface area contributed by atoms with Gasteiger partial charge in [-0.15, -0.1) is 0 Å². The van der Waals surface area contributed by atoms with Crippen LogP contribution in [0.2, 0.25) is 0 Å². The number of hydrogen-bond donors (Lipinski definition) is 0. The molecular weight excluding hydrogens is 132 g/mol. The molecule has 54 valence electrons. The Kier molecular flexibility index (Phi) is 2.10. The van der Waals surface area contributed by atoms with E-state index in [1.807, 2.05) is 0 Å². The molecule has 1 heterocycles. The molecule has 0 aromatic rings. The molecule has 0 spiro atoms. The summed E-state index contributed by atoms with van der Waals surface area (Å²) < 4.78 is 9.59. The first-order chi connectivity index (χ1) is 4.83. The Morgan fingerprint density at radius 2 is 2.70 bits per heavy atom. The average molecular weight is 140 g/mol. The molecule has 1 rings (SSSR count). The van der Waals surface area contributed by atoms with E-state index < -0.39 is 0 Å². The maximum Gasteiger partial charge on any atom is 0.334 e. The van der Waals surface area contributed by atoms with E-state index in [4.69, 9.17) is 4.74 Å². The zero-order valence-corrected chi connectivity index (χ0v) is 5.50. The minimum atomic E-state index is -0.334. The SMILES string of the molecule is C=CCOC1=CC(=O)OC1. The molecule has 0 aromatic carbocycles.